The zero-order chi connectivity index (χ0) is 37.5. The van der Waals surface area contributed by atoms with Gasteiger partial charge in [0.2, 0.25) is 0 Å². The molecule has 0 unspecified atom stereocenters. The highest BCUT2D eigenvalue weighted by Gasteiger charge is 2.30. The van der Waals surface area contributed by atoms with Crippen LogP contribution < -0.4 is 4.74 Å². The summed E-state index contributed by atoms with van der Waals surface area (Å²) in [6.07, 6.45) is 0. The average Bonchev–Trinajstić information content (AvgIpc) is 3.81. The van der Waals surface area contributed by atoms with Gasteiger partial charge in [-0.25, -0.2) is 15.0 Å². The summed E-state index contributed by atoms with van der Waals surface area (Å²) in [5.74, 6) is 3.48. The van der Waals surface area contributed by atoms with Gasteiger partial charge in [-0.1, -0.05) is 140 Å². The summed E-state index contributed by atoms with van der Waals surface area (Å²) in [5, 5.41) is 5.58. The van der Waals surface area contributed by atoms with E-state index in [0.29, 0.717) is 17.5 Å². The Bertz CT molecular complexity index is 3380. The molecule has 4 heterocycles. The molecular weight excluding hydrogens is 699 g/mol. The number of nitrogens with zero attached hydrogens (tertiary/aromatic N) is 5. The van der Waals surface area contributed by atoms with Gasteiger partial charge in [-0.05, 0) is 70.4 Å². The minimum atomic E-state index is 0.606. The lowest BCUT2D eigenvalue weighted by molar-refractivity contribution is 0.476. The van der Waals surface area contributed by atoms with Crippen molar-refractivity contribution in [3.63, 3.8) is 0 Å². The van der Waals surface area contributed by atoms with E-state index in [4.69, 9.17) is 19.7 Å². The second-order valence-electron chi connectivity index (χ2n) is 14.4. The van der Waals surface area contributed by atoms with Crippen LogP contribution in [0.25, 0.3) is 100 Å². The molecule has 0 radical (unpaired) electrons. The predicted molar refractivity (Wildman–Crippen MR) is 230 cm³/mol. The van der Waals surface area contributed by atoms with Crippen molar-refractivity contribution in [1.82, 2.24) is 24.1 Å². The first kappa shape index (κ1) is 31.5. The third-order valence-corrected chi connectivity index (χ3v) is 11.1. The molecule has 3 aromatic heterocycles. The Kier molecular flexibility index (Phi) is 6.83. The van der Waals surface area contributed by atoms with E-state index in [1.165, 1.54) is 5.39 Å². The highest BCUT2D eigenvalue weighted by molar-refractivity contribution is 6.26. The first-order chi connectivity index (χ1) is 28.3. The van der Waals surface area contributed by atoms with E-state index in [-0.39, 0.29) is 0 Å². The van der Waals surface area contributed by atoms with Crippen LogP contribution in [0.2, 0.25) is 0 Å². The molecular formula is C51H31N5O. The van der Waals surface area contributed by atoms with Gasteiger partial charge in [0.1, 0.15) is 5.65 Å². The Morgan fingerprint density at radius 1 is 0.404 bits per heavy atom. The maximum Gasteiger partial charge on any atom is 0.164 e. The van der Waals surface area contributed by atoms with Crippen LogP contribution in [0.15, 0.2) is 188 Å². The van der Waals surface area contributed by atoms with Gasteiger partial charge >= 0.3 is 0 Å². The van der Waals surface area contributed by atoms with Gasteiger partial charge in [-0.2, -0.15) is 0 Å². The fourth-order valence-electron chi connectivity index (χ4n) is 8.59. The third-order valence-electron chi connectivity index (χ3n) is 11.1. The lowest BCUT2D eigenvalue weighted by Gasteiger charge is -2.21. The molecule has 57 heavy (non-hydrogen) atoms. The van der Waals surface area contributed by atoms with Gasteiger partial charge in [0, 0.05) is 38.5 Å². The van der Waals surface area contributed by atoms with E-state index in [1.807, 2.05) is 18.2 Å². The topological polar surface area (TPSA) is 57.8 Å². The van der Waals surface area contributed by atoms with Crippen molar-refractivity contribution in [2.75, 3.05) is 0 Å². The molecule has 0 spiro atoms. The number of ether oxygens (including phenoxy) is 1. The highest BCUT2D eigenvalue weighted by Crippen LogP contribution is 2.50. The normalized spacial score (nSPS) is 12.0. The second kappa shape index (κ2) is 12.3. The number of hydrogen-bond acceptors (Lipinski definition) is 4. The maximum atomic E-state index is 6.56. The van der Waals surface area contributed by atoms with Gasteiger partial charge in [-0.15, -0.1) is 0 Å². The van der Waals surface area contributed by atoms with E-state index in [2.05, 4.69) is 179 Å². The van der Waals surface area contributed by atoms with Crippen molar-refractivity contribution in [2.45, 2.75) is 0 Å². The Balaban J connectivity index is 1.18. The van der Waals surface area contributed by atoms with Crippen LogP contribution in [0.5, 0.6) is 11.5 Å². The number of aromatic nitrogens is 5. The number of rotatable bonds is 5. The molecule has 0 saturated heterocycles. The summed E-state index contributed by atoms with van der Waals surface area (Å²) < 4.78 is 11.3. The minimum Gasteiger partial charge on any atom is -0.453 e. The van der Waals surface area contributed by atoms with E-state index < -0.39 is 0 Å². The van der Waals surface area contributed by atoms with Crippen LogP contribution >= 0.6 is 0 Å². The first-order valence-corrected chi connectivity index (χ1v) is 19.1. The molecule has 8 aromatic carbocycles. The molecule has 6 nitrogen and oxygen atoms in total. The Morgan fingerprint density at radius 2 is 1.05 bits per heavy atom. The minimum absolute atomic E-state index is 0.606. The Morgan fingerprint density at radius 3 is 1.91 bits per heavy atom. The van der Waals surface area contributed by atoms with Crippen LogP contribution in [0, 0.1) is 0 Å². The summed E-state index contributed by atoms with van der Waals surface area (Å²) in [7, 11) is 0. The van der Waals surface area contributed by atoms with Crippen molar-refractivity contribution in [3.8, 4) is 68.2 Å². The summed E-state index contributed by atoms with van der Waals surface area (Å²) in [6.45, 7) is 0. The quantitative estimate of drug-likeness (QED) is 0.177. The Labute approximate surface area is 327 Å². The fourth-order valence-corrected chi connectivity index (χ4v) is 8.59. The van der Waals surface area contributed by atoms with Crippen LogP contribution in [0.1, 0.15) is 0 Å². The largest absolute Gasteiger partial charge is 0.453 e. The molecule has 12 rings (SSSR count). The van der Waals surface area contributed by atoms with Gasteiger partial charge in [0.25, 0.3) is 0 Å². The zero-order valence-electron chi connectivity index (χ0n) is 30.5. The molecule has 0 aliphatic carbocycles. The third kappa shape index (κ3) is 4.87. The van der Waals surface area contributed by atoms with Crippen molar-refractivity contribution in [2.24, 2.45) is 0 Å². The predicted octanol–water partition coefficient (Wildman–Crippen LogP) is 12.8. The summed E-state index contributed by atoms with van der Waals surface area (Å²) in [5.41, 5.74) is 10.2. The molecule has 0 fully saturated rings. The Hall–Kier alpha value is -7.83. The second-order valence-corrected chi connectivity index (χ2v) is 14.4. The standard InChI is InChI=1S/C51H31N5O/c1-3-14-32(15-4-1)35-18-11-19-36(30-35)48-52-49(37-29-28-33-16-7-8-17-34(33)31-37)54-50(53-48)40-23-12-25-42-45(40)46-39-22-13-27-44-47(39)56(41-24-9-10-26-43(41)57-44)51(46)55(42)38-20-5-2-6-21-38/h1-31H. The molecule has 6 heteroatoms. The van der Waals surface area contributed by atoms with E-state index in [1.54, 1.807) is 0 Å². The van der Waals surface area contributed by atoms with Crippen molar-refractivity contribution < 1.29 is 4.74 Å². The lowest BCUT2D eigenvalue weighted by atomic mass is 10.0. The van der Waals surface area contributed by atoms with Gasteiger partial charge < -0.3 is 4.74 Å². The van der Waals surface area contributed by atoms with Gasteiger partial charge in [0.15, 0.2) is 29.0 Å². The van der Waals surface area contributed by atoms with Crippen LogP contribution in [-0.2, 0) is 0 Å². The van der Waals surface area contributed by atoms with Crippen molar-refractivity contribution in [1.29, 1.82) is 0 Å². The van der Waals surface area contributed by atoms with E-state index in [9.17, 15) is 0 Å². The summed E-state index contributed by atoms with van der Waals surface area (Å²) in [6, 6.07) is 65.4. The highest BCUT2D eigenvalue weighted by atomic mass is 16.5. The number of benzene rings is 8. The van der Waals surface area contributed by atoms with Crippen LogP contribution in [0.4, 0.5) is 0 Å². The number of para-hydroxylation sites is 4. The van der Waals surface area contributed by atoms with Crippen LogP contribution in [0.3, 0.4) is 0 Å². The summed E-state index contributed by atoms with van der Waals surface area (Å²) >= 11 is 0. The smallest absolute Gasteiger partial charge is 0.164 e. The van der Waals surface area contributed by atoms with Crippen LogP contribution in [-0.4, -0.2) is 24.1 Å². The van der Waals surface area contributed by atoms with E-state index in [0.717, 1.165) is 88.9 Å². The van der Waals surface area contributed by atoms with Gasteiger partial charge in [-0.3, -0.25) is 9.13 Å². The monoisotopic (exact) mass is 729 g/mol. The molecule has 1 aliphatic heterocycles. The number of fused-ring (bicyclic) bond motifs is 8. The summed E-state index contributed by atoms with van der Waals surface area (Å²) in [4.78, 5) is 15.9. The SMILES string of the molecule is c1ccc(-c2cccc(-c3nc(-c4ccc5ccccc5c4)nc(-c4cccc5c4c4c6cccc7c6n(c4n5-c4ccccc4)-c4ccccc4O7)n3)c2)cc1. The molecule has 266 valence electrons. The maximum absolute atomic E-state index is 6.56. The molecule has 0 N–H and O–H groups in total. The molecule has 0 atom stereocenters. The van der Waals surface area contributed by atoms with Gasteiger partial charge in [0.05, 0.1) is 16.7 Å². The molecule has 0 amide bonds. The van der Waals surface area contributed by atoms with Crippen molar-refractivity contribution >= 4 is 43.6 Å². The first-order valence-electron chi connectivity index (χ1n) is 19.1. The average molecular weight is 730 g/mol. The molecule has 1 aliphatic rings. The van der Waals surface area contributed by atoms with Crippen molar-refractivity contribution in [3.05, 3.63) is 188 Å². The molecule has 0 bridgehead atoms. The zero-order valence-corrected chi connectivity index (χ0v) is 30.5. The fraction of sp³-hybridized carbons (Fsp3) is 0. The van der Waals surface area contributed by atoms with E-state index >= 15 is 0 Å². The molecule has 0 saturated carbocycles. The number of hydrogen-bond donors (Lipinski definition) is 0. The lowest BCUT2D eigenvalue weighted by Crippen LogP contribution is -2.07. The molecule has 11 aromatic rings.